The van der Waals surface area contributed by atoms with Crippen LogP contribution in [0.4, 0.5) is 8.78 Å². The second kappa shape index (κ2) is 8.68. The molecule has 0 N–H and O–H groups in total. The Labute approximate surface area is 190 Å². The molecule has 0 atom stereocenters. The van der Waals surface area contributed by atoms with Gasteiger partial charge in [-0.2, -0.15) is 8.78 Å². The van der Waals surface area contributed by atoms with Crippen molar-refractivity contribution in [2.75, 3.05) is 0 Å². The Hall–Kier alpha value is -3.30. The lowest BCUT2D eigenvalue weighted by molar-refractivity contribution is 0.0678. The molecule has 0 aliphatic carbocycles. The molecule has 5 aromatic rings. The number of halogens is 2. The molecular formula is C23H16F2N4OS2. The van der Waals surface area contributed by atoms with E-state index in [0.717, 1.165) is 15.0 Å². The van der Waals surface area contributed by atoms with E-state index in [2.05, 4.69) is 4.98 Å². The van der Waals surface area contributed by atoms with Crippen molar-refractivity contribution >= 4 is 33.3 Å². The maximum absolute atomic E-state index is 13.5. The molecule has 0 spiro atoms. The van der Waals surface area contributed by atoms with Crippen molar-refractivity contribution in [2.24, 2.45) is 0 Å². The topological polar surface area (TPSA) is 52.7 Å². The van der Waals surface area contributed by atoms with Crippen LogP contribution in [0.3, 0.4) is 0 Å². The number of fused-ring (bicyclic) bond motifs is 1. The minimum absolute atomic E-state index is 0.152. The summed E-state index contributed by atoms with van der Waals surface area (Å²) in [5, 5.41) is 0.954. The van der Waals surface area contributed by atoms with E-state index < -0.39 is 6.55 Å². The van der Waals surface area contributed by atoms with E-state index in [0.29, 0.717) is 21.1 Å². The highest BCUT2D eigenvalue weighted by Gasteiger charge is 2.18. The van der Waals surface area contributed by atoms with E-state index in [1.807, 2.05) is 66.7 Å². The van der Waals surface area contributed by atoms with Gasteiger partial charge in [0.05, 0.1) is 16.8 Å². The molecule has 2 aromatic carbocycles. The van der Waals surface area contributed by atoms with Crippen molar-refractivity contribution < 1.29 is 8.78 Å². The Balaban J connectivity index is 1.63. The summed E-state index contributed by atoms with van der Waals surface area (Å²) in [5.74, 6) is 0.370. The molecule has 9 heteroatoms. The fraction of sp³-hybridized carbons (Fsp3) is 0.0870. The Morgan fingerprint density at radius 3 is 2.47 bits per heavy atom. The first-order chi connectivity index (χ1) is 15.6. The average Bonchev–Trinajstić information content (AvgIpc) is 3.46. The molecule has 5 nitrogen and oxygen atoms in total. The highest BCUT2D eigenvalue weighted by Crippen LogP contribution is 2.33. The normalized spacial score (nSPS) is 11.5. The number of thiophene rings is 1. The first-order valence-corrected chi connectivity index (χ1v) is 11.5. The van der Waals surface area contributed by atoms with Crippen LogP contribution >= 0.6 is 23.1 Å². The van der Waals surface area contributed by atoms with E-state index in [4.69, 9.17) is 4.98 Å². The minimum Gasteiger partial charge on any atom is -0.277 e. The van der Waals surface area contributed by atoms with Crippen LogP contribution in [0.15, 0.2) is 89.1 Å². The summed E-state index contributed by atoms with van der Waals surface area (Å²) < 4.78 is 28.8. The molecule has 0 saturated carbocycles. The quantitative estimate of drug-likeness (QED) is 0.228. The molecule has 0 fully saturated rings. The van der Waals surface area contributed by atoms with Gasteiger partial charge in [-0.05, 0) is 23.8 Å². The van der Waals surface area contributed by atoms with Crippen LogP contribution in [0.1, 0.15) is 12.4 Å². The van der Waals surface area contributed by atoms with E-state index in [-0.39, 0.29) is 17.1 Å². The summed E-state index contributed by atoms with van der Waals surface area (Å²) in [6.45, 7) is -2.68. The molecule has 0 aliphatic rings. The second-order valence-electron chi connectivity index (χ2n) is 6.88. The predicted octanol–water partition coefficient (Wildman–Crippen LogP) is 6.00. The first kappa shape index (κ1) is 20.6. The molecule has 0 bridgehead atoms. The number of benzene rings is 2. The molecule has 0 unspecified atom stereocenters. The largest absolute Gasteiger partial charge is 0.319 e. The molecule has 0 saturated heterocycles. The third-order valence-electron chi connectivity index (χ3n) is 4.90. The third kappa shape index (κ3) is 3.85. The lowest BCUT2D eigenvalue weighted by atomic mass is 10.2. The van der Waals surface area contributed by atoms with Crippen molar-refractivity contribution in [3.05, 3.63) is 95.3 Å². The van der Waals surface area contributed by atoms with Gasteiger partial charge in [-0.15, -0.1) is 11.3 Å². The highest BCUT2D eigenvalue weighted by atomic mass is 32.2. The monoisotopic (exact) mass is 466 g/mol. The van der Waals surface area contributed by atoms with Gasteiger partial charge in [-0.1, -0.05) is 60.3 Å². The van der Waals surface area contributed by atoms with Crippen molar-refractivity contribution in [1.82, 2.24) is 19.1 Å². The number of imidazole rings is 1. The zero-order chi connectivity index (χ0) is 22.1. The standard InChI is InChI=1S/C23H16F2N4OS2/c24-22(25)28-12-11-26-19(28)14-31-23-27-20-17(13-18(32-20)15-7-3-1-4-8-15)21(30)29(23)16-9-5-2-6-10-16/h1-13,22H,14H2. The van der Waals surface area contributed by atoms with Gasteiger partial charge in [-0.3, -0.25) is 13.9 Å². The number of hydrogen-bond acceptors (Lipinski definition) is 5. The minimum atomic E-state index is -2.68. The number of hydrogen-bond donors (Lipinski definition) is 0. The molecule has 32 heavy (non-hydrogen) atoms. The lowest BCUT2D eigenvalue weighted by Gasteiger charge is -2.12. The van der Waals surface area contributed by atoms with E-state index in [1.54, 1.807) is 0 Å². The first-order valence-electron chi connectivity index (χ1n) is 9.72. The predicted molar refractivity (Wildman–Crippen MR) is 124 cm³/mol. The van der Waals surface area contributed by atoms with Crippen molar-refractivity contribution in [2.45, 2.75) is 17.5 Å². The molecule has 3 heterocycles. The fourth-order valence-corrected chi connectivity index (χ4v) is 5.41. The number of rotatable bonds is 6. The van der Waals surface area contributed by atoms with Gasteiger partial charge in [0, 0.05) is 17.3 Å². The van der Waals surface area contributed by atoms with Crippen LogP contribution in [0, 0.1) is 0 Å². The average molecular weight is 467 g/mol. The number of aromatic nitrogens is 4. The summed E-state index contributed by atoms with van der Waals surface area (Å²) in [4.78, 5) is 23.8. The van der Waals surface area contributed by atoms with Gasteiger partial charge < -0.3 is 0 Å². The Kier molecular flexibility index (Phi) is 5.59. The Bertz CT molecular complexity index is 1430. The Morgan fingerprint density at radius 2 is 1.75 bits per heavy atom. The zero-order valence-electron chi connectivity index (χ0n) is 16.6. The van der Waals surface area contributed by atoms with Crippen LogP contribution in [0.2, 0.25) is 0 Å². The second-order valence-corrected chi connectivity index (χ2v) is 8.86. The van der Waals surface area contributed by atoms with Gasteiger partial charge >= 0.3 is 6.55 Å². The van der Waals surface area contributed by atoms with Gasteiger partial charge in [0.25, 0.3) is 5.56 Å². The zero-order valence-corrected chi connectivity index (χ0v) is 18.2. The summed E-state index contributed by atoms with van der Waals surface area (Å²) in [6, 6.07) is 20.9. The van der Waals surface area contributed by atoms with Crippen LogP contribution < -0.4 is 5.56 Å². The van der Waals surface area contributed by atoms with Crippen molar-refractivity contribution in [3.8, 4) is 16.1 Å². The molecule has 0 aliphatic heterocycles. The summed E-state index contributed by atoms with van der Waals surface area (Å²) in [5.41, 5.74) is 1.48. The van der Waals surface area contributed by atoms with Crippen LogP contribution in [0.25, 0.3) is 26.3 Å². The molecule has 0 amide bonds. The van der Waals surface area contributed by atoms with E-state index in [9.17, 15) is 13.6 Å². The maximum Gasteiger partial charge on any atom is 0.319 e. The van der Waals surface area contributed by atoms with Gasteiger partial charge in [-0.25, -0.2) is 9.97 Å². The summed E-state index contributed by atoms with van der Waals surface area (Å²) in [6.07, 6.45) is 2.58. The lowest BCUT2D eigenvalue weighted by Crippen LogP contribution is -2.21. The van der Waals surface area contributed by atoms with Gasteiger partial charge in [0.15, 0.2) is 5.16 Å². The van der Waals surface area contributed by atoms with Crippen LogP contribution in [-0.2, 0) is 5.75 Å². The maximum atomic E-state index is 13.5. The van der Waals surface area contributed by atoms with Crippen molar-refractivity contribution in [1.29, 1.82) is 0 Å². The fourth-order valence-electron chi connectivity index (χ4n) is 3.37. The number of nitrogens with zero attached hydrogens (tertiary/aromatic N) is 4. The number of thioether (sulfide) groups is 1. The molecule has 5 rings (SSSR count). The molecule has 160 valence electrons. The van der Waals surface area contributed by atoms with Gasteiger partial charge in [0.2, 0.25) is 0 Å². The number of alkyl halides is 2. The van der Waals surface area contributed by atoms with E-state index in [1.165, 1.54) is 40.1 Å². The SMILES string of the molecule is O=c1c2cc(-c3ccccc3)sc2nc(SCc2nccn2C(F)F)n1-c1ccccc1. The smallest absolute Gasteiger partial charge is 0.277 e. The van der Waals surface area contributed by atoms with Crippen LogP contribution in [0.5, 0.6) is 0 Å². The van der Waals surface area contributed by atoms with Crippen molar-refractivity contribution in [3.63, 3.8) is 0 Å². The molecular weight excluding hydrogens is 450 g/mol. The molecule has 3 aromatic heterocycles. The number of para-hydroxylation sites is 1. The summed E-state index contributed by atoms with van der Waals surface area (Å²) >= 11 is 2.64. The Morgan fingerprint density at radius 1 is 1.03 bits per heavy atom. The van der Waals surface area contributed by atoms with E-state index >= 15 is 0 Å². The van der Waals surface area contributed by atoms with Gasteiger partial charge in [0.1, 0.15) is 10.7 Å². The third-order valence-corrected chi connectivity index (χ3v) is 6.91. The summed E-state index contributed by atoms with van der Waals surface area (Å²) in [7, 11) is 0. The highest BCUT2D eigenvalue weighted by molar-refractivity contribution is 7.98. The molecule has 0 radical (unpaired) electrons. The van der Waals surface area contributed by atoms with Crippen LogP contribution in [-0.4, -0.2) is 19.1 Å².